The molecule has 0 aromatic heterocycles. The van der Waals surface area contributed by atoms with Crippen molar-refractivity contribution in [2.24, 2.45) is 0 Å². The van der Waals surface area contributed by atoms with Gasteiger partial charge >= 0.3 is 23.9 Å². The Bertz CT molecular complexity index is 817. The van der Waals surface area contributed by atoms with Crippen LogP contribution in [0.4, 0.5) is 0 Å². The molecule has 11 heteroatoms. The quantitative estimate of drug-likeness (QED) is 0.122. The second-order valence-electron chi connectivity index (χ2n) is 10.7. The van der Waals surface area contributed by atoms with Crippen molar-refractivity contribution in [3.05, 3.63) is 0 Å². The van der Waals surface area contributed by atoms with Gasteiger partial charge in [0.25, 0.3) is 0 Å². The zero-order valence-corrected chi connectivity index (χ0v) is 25.6. The first-order valence-electron chi connectivity index (χ1n) is 15.1. The lowest BCUT2D eigenvalue weighted by Gasteiger charge is -2.44. The van der Waals surface area contributed by atoms with E-state index in [1.54, 1.807) is 0 Å². The first-order valence-corrected chi connectivity index (χ1v) is 15.1. The monoisotopic (exact) mass is 585 g/mol. The fraction of sp³-hybridized carbons (Fsp3) is 0.833. The Morgan fingerprint density at radius 1 is 0.610 bits per heavy atom. The minimum Gasteiger partial charge on any atom is -0.463 e. The maximum absolute atomic E-state index is 12.9. The van der Waals surface area contributed by atoms with Crippen LogP contribution in [0.15, 0.2) is 0 Å². The molecule has 0 aromatic rings. The Kier molecular flexibility index (Phi) is 18.7. The van der Waals surface area contributed by atoms with Gasteiger partial charge in [0.05, 0.1) is 0 Å². The standard InChI is InChI=1S/C30H51NO10/c1-6-7-8-9-10-11-12-13-14-15-16-17-18-19-26(36)31-27-29(39-23(4)34)28(38-22(3)33)25(20-37-21(2)32)41-30(27)40-24(5)35/h25,27-30H,6-20H2,1-5H3,(H,31,36)/t25-,27+,28+,29+,30-/m1/s1. The number of ether oxygens (including phenoxy) is 5. The number of carbonyl (C=O) groups is 5. The Labute approximate surface area is 244 Å². The van der Waals surface area contributed by atoms with Gasteiger partial charge in [-0.15, -0.1) is 0 Å². The maximum atomic E-state index is 12.9. The van der Waals surface area contributed by atoms with Crippen molar-refractivity contribution in [2.45, 2.75) is 155 Å². The van der Waals surface area contributed by atoms with Crippen LogP contribution in [0.1, 0.15) is 125 Å². The maximum Gasteiger partial charge on any atom is 0.305 e. The van der Waals surface area contributed by atoms with Crippen LogP contribution < -0.4 is 5.32 Å². The molecule has 1 aliphatic rings. The number of nitrogens with one attached hydrogen (secondary N) is 1. The summed E-state index contributed by atoms with van der Waals surface area (Å²) in [6.07, 6.45) is 10.6. The van der Waals surface area contributed by atoms with E-state index in [0.717, 1.165) is 40.0 Å². The highest BCUT2D eigenvalue weighted by molar-refractivity contribution is 5.76. The third-order valence-electron chi connectivity index (χ3n) is 6.82. The molecule has 1 saturated heterocycles. The van der Waals surface area contributed by atoms with Gasteiger partial charge in [-0.3, -0.25) is 24.0 Å². The summed E-state index contributed by atoms with van der Waals surface area (Å²) in [4.78, 5) is 59.9. The lowest BCUT2D eigenvalue weighted by Crippen LogP contribution is -2.67. The number of hydrogen-bond acceptors (Lipinski definition) is 10. The number of esters is 4. The molecule has 1 N–H and O–H groups in total. The van der Waals surface area contributed by atoms with E-state index in [2.05, 4.69) is 12.2 Å². The molecule has 1 fully saturated rings. The van der Waals surface area contributed by atoms with Crippen LogP contribution in [0.25, 0.3) is 0 Å². The van der Waals surface area contributed by atoms with E-state index >= 15 is 0 Å². The largest absolute Gasteiger partial charge is 0.463 e. The molecule has 1 aliphatic heterocycles. The molecule has 0 saturated carbocycles. The Morgan fingerprint density at radius 3 is 1.54 bits per heavy atom. The van der Waals surface area contributed by atoms with Crippen LogP contribution in [-0.2, 0) is 47.7 Å². The fourth-order valence-corrected chi connectivity index (χ4v) is 4.88. The molecule has 1 rings (SSSR count). The van der Waals surface area contributed by atoms with Gasteiger partial charge in [-0.05, 0) is 6.42 Å². The third kappa shape index (κ3) is 16.4. The molecule has 0 spiro atoms. The second kappa shape index (κ2) is 21.1. The summed E-state index contributed by atoms with van der Waals surface area (Å²) in [7, 11) is 0. The molecule has 0 radical (unpaired) electrons. The van der Waals surface area contributed by atoms with E-state index in [4.69, 9.17) is 23.7 Å². The van der Waals surface area contributed by atoms with Crippen molar-refractivity contribution in [3.63, 3.8) is 0 Å². The van der Waals surface area contributed by atoms with E-state index in [0.29, 0.717) is 6.42 Å². The lowest BCUT2D eigenvalue weighted by atomic mass is 9.95. The van der Waals surface area contributed by atoms with Crippen LogP contribution in [0.3, 0.4) is 0 Å². The molecule has 11 nitrogen and oxygen atoms in total. The van der Waals surface area contributed by atoms with Gasteiger partial charge in [0.1, 0.15) is 18.8 Å². The molecule has 0 aliphatic carbocycles. The van der Waals surface area contributed by atoms with E-state index < -0.39 is 54.5 Å². The van der Waals surface area contributed by atoms with Gasteiger partial charge in [-0.2, -0.15) is 0 Å². The fourth-order valence-electron chi connectivity index (χ4n) is 4.88. The Morgan fingerprint density at radius 2 is 1.07 bits per heavy atom. The summed E-state index contributed by atoms with van der Waals surface area (Å²) in [5, 5.41) is 2.74. The summed E-state index contributed by atoms with van der Waals surface area (Å²) >= 11 is 0. The normalized spacial score (nSPS) is 21.9. The van der Waals surface area contributed by atoms with E-state index in [9.17, 15) is 24.0 Å². The Balaban J connectivity index is 2.67. The van der Waals surface area contributed by atoms with Crippen molar-refractivity contribution >= 4 is 29.8 Å². The smallest absolute Gasteiger partial charge is 0.305 e. The summed E-state index contributed by atoms with van der Waals surface area (Å²) in [5.41, 5.74) is 0. The molecular formula is C30H51NO10. The van der Waals surface area contributed by atoms with Gasteiger partial charge in [0.2, 0.25) is 12.2 Å². The van der Waals surface area contributed by atoms with Gasteiger partial charge in [-0.1, -0.05) is 84.0 Å². The second-order valence-corrected chi connectivity index (χ2v) is 10.7. The molecule has 0 unspecified atom stereocenters. The predicted octanol–water partition coefficient (Wildman–Crippen LogP) is 4.67. The van der Waals surface area contributed by atoms with Crippen molar-refractivity contribution in [3.8, 4) is 0 Å². The van der Waals surface area contributed by atoms with Crippen LogP contribution in [-0.4, -0.2) is 67.0 Å². The highest BCUT2D eigenvalue weighted by atomic mass is 16.7. The number of carbonyl (C=O) groups excluding carboxylic acids is 5. The van der Waals surface area contributed by atoms with Crippen molar-refractivity contribution in [2.75, 3.05) is 6.61 Å². The topological polar surface area (TPSA) is 144 Å². The number of hydrogen-bond donors (Lipinski definition) is 1. The average molecular weight is 586 g/mol. The lowest BCUT2D eigenvalue weighted by molar-refractivity contribution is -0.271. The van der Waals surface area contributed by atoms with Gasteiger partial charge in [-0.25, -0.2) is 0 Å². The van der Waals surface area contributed by atoms with Gasteiger partial charge < -0.3 is 29.0 Å². The minimum atomic E-state index is -1.38. The molecule has 1 amide bonds. The van der Waals surface area contributed by atoms with Crippen molar-refractivity contribution in [1.82, 2.24) is 5.32 Å². The molecule has 1 heterocycles. The first kappa shape index (κ1) is 36.3. The molecule has 5 atom stereocenters. The first-order chi connectivity index (χ1) is 19.5. The van der Waals surface area contributed by atoms with E-state index in [-0.39, 0.29) is 18.9 Å². The summed E-state index contributed by atoms with van der Waals surface area (Å²) < 4.78 is 26.9. The number of amides is 1. The summed E-state index contributed by atoms with van der Waals surface area (Å²) in [6, 6.07) is -1.16. The number of unbranched alkanes of at least 4 members (excludes halogenated alkanes) is 12. The van der Waals surface area contributed by atoms with Crippen molar-refractivity contribution in [1.29, 1.82) is 0 Å². The van der Waals surface area contributed by atoms with Crippen LogP contribution >= 0.6 is 0 Å². The molecule has 0 aromatic carbocycles. The Hall–Kier alpha value is -2.69. The highest BCUT2D eigenvalue weighted by Gasteiger charge is 2.52. The van der Waals surface area contributed by atoms with Crippen LogP contribution in [0.5, 0.6) is 0 Å². The van der Waals surface area contributed by atoms with Crippen LogP contribution in [0.2, 0.25) is 0 Å². The van der Waals surface area contributed by atoms with E-state index in [1.165, 1.54) is 64.7 Å². The average Bonchev–Trinajstić information content (AvgIpc) is 2.88. The van der Waals surface area contributed by atoms with Gasteiger partial charge in [0, 0.05) is 34.1 Å². The highest BCUT2D eigenvalue weighted by Crippen LogP contribution is 2.28. The molecule has 41 heavy (non-hydrogen) atoms. The number of rotatable bonds is 20. The third-order valence-corrected chi connectivity index (χ3v) is 6.82. The zero-order valence-electron chi connectivity index (χ0n) is 25.6. The minimum absolute atomic E-state index is 0.211. The van der Waals surface area contributed by atoms with E-state index in [1.807, 2.05) is 0 Å². The van der Waals surface area contributed by atoms with Gasteiger partial charge in [0.15, 0.2) is 12.2 Å². The van der Waals surface area contributed by atoms with Crippen molar-refractivity contribution < 1.29 is 47.7 Å². The predicted molar refractivity (Wildman–Crippen MR) is 150 cm³/mol. The zero-order chi connectivity index (χ0) is 30.6. The summed E-state index contributed by atoms with van der Waals surface area (Å²) in [5.74, 6) is -3.08. The molecule has 0 bridgehead atoms. The SMILES string of the molecule is CCCCCCCCCCCCCCCC(=O)N[C@@H]1[C@H](OC(C)=O)O[C@H](COC(C)=O)[C@H](OC(C)=O)[C@H]1OC(C)=O. The molecule has 236 valence electrons. The summed E-state index contributed by atoms with van der Waals surface area (Å²) in [6.45, 7) is 6.55. The molecular weight excluding hydrogens is 534 g/mol. The van der Waals surface area contributed by atoms with Crippen LogP contribution in [0, 0.1) is 0 Å².